The van der Waals surface area contributed by atoms with Gasteiger partial charge in [-0.2, -0.15) is 0 Å². The number of carboxylic acid groups (broad SMARTS) is 1. The molecule has 1 aliphatic rings. The average molecular weight is 403 g/mol. The van der Waals surface area contributed by atoms with Crippen molar-refractivity contribution in [3.05, 3.63) is 54.6 Å². The Labute approximate surface area is 170 Å². The lowest BCUT2D eigenvalue weighted by atomic mass is 9.92. The second-order valence-electron chi connectivity index (χ2n) is 7.46. The number of benzene rings is 2. The number of alkyl halides is 1. The van der Waals surface area contributed by atoms with Gasteiger partial charge in [0.25, 0.3) is 0 Å². The molecule has 1 saturated carbocycles. The molecule has 0 bridgehead atoms. The van der Waals surface area contributed by atoms with Crippen LogP contribution in [-0.2, 0) is 4.79 Å². The molecule has 28 heavy (non-hydrogen) atoms. The third-order valence-corrected chi connectivity index (χ3v) is 5.98. The number of carboxylic acids is 1. The van der Waals surface area contributed by atoms with Gasteiger partial charge in [0.15, 0.2) is 0 Å². The number of allylic oxidation sites excluding steroid dienone is 2. The van der Waals surface area contributed by atoms with Gasteiger partial charge in [0.05, 0.1) is 12.7 Å². The number of carbonyl (C=O) groups is 1. The summed E-state index contributed by atoms with van der Waals surface area (Å²) in [5.74, 6) is 0.163. The van der Waals surface area contributed by atoms with E-state index in [1.807, 2.05) is 36.4 Å². The second kappa shape index (κ2) is 9.94. The predicted octanol–water partition coefficient (Wildman–Crippen LogP) is 5.02. The quantitative estimate of drug-likeness (QED) is 0.351. The highest BCUT2D eigenvalue weighted by atomic mass is 35.5. The smallest absolute Gasteiger partial charge is 0.303 e. The maximum atomic E-state index is 10.5. The summed E-state index contributed by atoms with van der Waals surface area (Å²) in [5, 5.41) is 21.3. The molecule has 1 aliphatic carbocycles. The number of hydrogen-bond acceptors (Lipinski definition) is 3. The van der Waals surface area contributed by atoms with Gasteiger partial charge >= 0.3 is 5.97 Å². The number of halogens is 1. The van der Waals surface area contributed by atoms with Crippen molar-refractivity contribution in [3.8, 4) is 5.75 Å². The van der Waals surface area contributed by atoms with Crippen LogP contribution in [0.4, 0.5) is 0 Å². The molecule has 2 aromatic rings. The lowest BCUT2D eigenvalue weighted by Gasteiger charge is -2.22. The zero-order valence-corrected chi connectivity index (χ0v) is 16.6. The average Bonchev–Trinajstić information content (AvgIpc) is 2.95. The Morgan fingerprint density at radius 1 is 1.14 bits per heavy atom. The summed E-state index contributed by atoms with van der Waals surface area (Å²) in [6.45, 7) is 0.431. The minimum atomic E-state index is -0.765. The minimum Gasteiger partial charge on any atom is -0.493 e. The second-order valence-corrected chi connectivity index (χ2v) is 8.02. The summed E-state index contributed by atoms with van der Waals surface area (Å²) >= 11 is 6.48. The molecule has 4 atom stereocenters. The molecule has 3 rings (SSSR count). The minimum absolute atomic E-state index is 0.0161. The zero-order chi connectivity index (χ0) is 19.9. The van der Waals surface area contributed by atoms with E-state index in [1.54, 1.807) is 0 Å². The topological polar surface area (TPSA) is 66.8 Å². The first kappa shape index (κ1) is 20.7. The van der Waals surface area contributed by atoms with E-state index in [-0.39, 0.29) is 23.6 Å². The molecule has 0 heterocycles. The fourth-order valence-corrected chi connectivity index (χ4v) is 4.36. The summed E-state index contributed by atoms with van der Waals surface area (Å²) in [4.78, 5) is 10.5. The largest absolute Gasteiger partial charge is 0.493 e. The molecule has 150 valence electrons. The van der Waals surface area contributed by atoms with Crippen LogP contribution >= 0.6 is 11.6 Å². The number of fused-ring (bicyclic) bond motifs is 1. The molecule has 4 nitrogen and oxygen atoms in total. The van der Waals surface area contributed by atoms with Crippen LogP contribution in [0.1, 0.15) is 32.1 Å². The molecule has 0 aliphatic heterocycles. The van der Waals surface area contributed by atoms with Crippen LogP contribution in [-0.4, -0.2) is 34.3 Å². The molecule has 1 fully saturated rings. The van der Waals surface area contributed by atoms with E-state index < -0.39 is 12.1 Å². The van der Waals surface area contributed by atoms with Crippen molar-refractivity contribution in [1.82, 2.24) is 0 Å². The van der Waals surface area contributed by atoms with Crippen LogP contribution in [0.2, 0.25) is 0 Å². The number of ether oxygens (including phenoxy) is 1. The normalized spacial score (nSPS) is 24.8. The summed E-state index contributed by atoms with van der Waals surface area (Å²) in [6.07, 6.45) is 6.52. The van der Waals surface area contributed by atoms with Crippen molar-refractivity contribution < 1.29 is 19.7 Å². The van der Waals surface area contributed by atoms with Gasteiger partial charge in [0.2, 0.25) is 0 Å². The van der Waals surface area contributed by atoms with E-state index in [9.17, 15) is 9.90 Å². The van der Waals surface area contributed by atoms with Crippen molar-refractivity contribution in [3.63, 3.8) is 0 Å². The Kier molecular flexibility index (Phi) is 7.35. The Morgan fingerprint density at radius 2 is 1.93 bits per heavy atom. The van der Waals surface area contributed by atoms with Crippen LogP contribution in [0.5, 0.6) is 5.75 Å². The first-order valence-corrected chi connectivity index (χ1v) is 10.3. The lowest BCUT2D eigenvalue weighted by molar-refractivity contribution is -0.137. The summed E-state index contributed by atoms with van der Waals surface area (Å²) in [5.41, 5.74) is 0. The fourth-order valence-electron chi connectivity index (χ4n) is 3.88. The lowest BCUT2D eigenvalue weighted by Crippen LogP contribution is -2.27. The van der Waals surface area contributed by atoms with E-state index >= 15 is 0 Å². The first-order valence-electron chi connectivity index (χ1n) is 9.85. The Balaban J connectivity index is 1.55. The zero-order valence-electron chi connectivity index (χ0n) is 15.8. The third kappa shape index (κ3) is 5.49. The van der Waals surface area contributed by atoms with Gasteiger partial charge in [-0.25, -0.2) is 0 Å². The van der Waals surface area contributed by atoms with E-state index in [0.717, 1.165) is 24.0 Å². The SMILES string of the molecule is O=C(O)CCC/C=C\C[C@@H]1[C@@H](COc2ccc3ccccc3c2)[C@H](O)C[C@H]1Cl. The highest BCUT2D eigenvalue weighted by Gasteiger charge is 2.41. The van der Waals surface area contributed by atoms with Gasteiger partial charge in [-0.3, -0.25) is 4.79 Å². The molecule has 2 N–H and O–H groups in total. The molecule has 0 aromatic heterocycles. The molecule has 2 aromatic carbocycles. The number of hydrogen-bond donors (Lipinski definition) is 2. The van der Waals surface area contributed by atoms with Crippen LogP contribution in [0, 0.1) is 11.8 Å². The van der Waals surface area contributed by atoms with Crippen molar-refractivity contribution in [2.45, 2.75) is 43.6 Å². The molecule has 0 spiro atoms. The predicted molar refractivity (Wildman–Crippen MR) is 112 cm³/mol. The van der Waals surface area contributed by atoms with Gasteiger partial charge < -0.3 is 14.9 Å². The van der Waals surface area contributed by atoms with Gasteiger partial charge in [0, 0.05) is 17.7 Å². The van der Waals surface area contributed by atoms with Gasteiger partial charge in [-0.15, -0.1) is 11.6 Å². The van der Waals surface area contributed by atoms with E-state index in [1.165, 1.54) is 5.39 Å². The molecule has 5 heteroatoms. The molecule has 0 amide bonds. The summed E-state index contributed by atoms with van der Waals surface area (Å²) < 4.78 is 6.01. The number of aliphatic carboxylic acids is 1. The molecule has 0 saturated heterocycles. The maximum Gasteiger partial charge on any atom is 0.303 e. The van der Waals surface area contributed by atoms with Crippen molar-refractivity contribution in [2.75, 3.05) is 6.61 Å². The Bertz CT molecular complexity index is 819. The van der Waals surface area contributed by atoms with E-state index in [0.29, 0.717) is 19.4 Å². The third-order valence-electron chi connectivity index (χ3n) is 5.48. The van der Waals surface area contributed by atoms with Gasteiger partial charge in [0.1, 0.15) is 5.75 Å². The number of aliphatic hydroxyl groups excluding tert-OH is 1. The summed E-state index contributed by atoms with van der Waals surface area (Å²) in [6, 6.07) is 14.2. The number of aliphatic hydroxyl groups is 1. The van der Waals surface area contributed by atoms with Crippen LogP contribution in [0.25, 0.3) is 10.8 Å². The highest BCUT2D eigenvalue weighted by molar-refractivity contribution is 6.21. The van der Waals surface area contributed by atoms with E-state index in [2.05, 4.69) is 18.2 Å². The Hall–Kier alpha value is -2.04. The van der Waals surface area contributed by atoms with Crippen molar-refractivity contribution in [2.24, 2.45) is 11.8 Å². The van der Waals surface area contributed by atoms with Crippen molar-refractivity contribution in [1.29, 1.82) is 0 Å². The first-order chi connectivity index (χ1) is 13.5. The van der Waals surface area contributed by atoms with Crippen LogP contribution in [0.3, 0.4) is 0 Å². The number of unbranched alkanes of at least 4 members (excludes halogenated alkanes) is 1. The van der Waals surface area contributed by atoms with Crippen LogP contribution < -0.4 is 4.74 Å². The standard InChI is InChI=1S/C23H27ClO4/c24-21-14-22(25)20(19(21)9-3-1-2-4-10-23(26)27)15-28-18-12-11-16-7-5-6-8-17(16)13-18/h1,3,5-8,11-13,19-22,25H,2,4,9-10,14-15H2,(H,26,27)/b3-1-/t19-,20-,21-,22-/m1/s1. The highest BCUT2D eigenvalue weighted by Crippen LogP contribution is 2.39. The maximum absolute atomic E-state index is 10.5. The molecular weight excluding hydrogens is 376 g/mol. The van der Waals surface area contributed by atoms with E-state index in [4.69, 9.17) is 21.4 Å². The fraction of sp³-hybridized carbons (Fsp3) is 0.435. The number of rotatable bonds is 9. The monoisotopic (exact) mass is 402 g/mol. The van der Waals surface area contributed by atoms with Crippen molar-refractivity contribution >= 4 is 28.3 Å². The summed E-state index contributed by atoms with van der Waals surface area (Å²) in [7, 11) is 0. The molecule has 0 radical (unpaired) electrons. The molecular formula is C23H27ClO4. The molecule has 0 unspecified atom stereocenters. The van der Waals surface area contributed by atoms with Crippen LogP contribution in [0.15, 0.2) is 54.6 Å². The Morgan fingerprint density at radius 3 is 2.71 bits per heavy atom. The van der Waals surface area contributed by atoms with Gasteiger partial charge in [-0.05, 0) is 54.5 Å². The van der Waals surface area contributed by atoms with Gasteiger partial charge in [-0.1, -0.05) is 42.5 Å².